The standard InChI is InChI=1S/C31H49N3O/c1-8-25(30-12-10-9-11-23(30)6)20-34(29-13-14-29)24(7)26-17-27(19-32-18-26)31(35)33-28(15-21(2)3)16-22(4)5/h8-12,21-22,26-29,32H,7,13-20H2,1-6H3,(H,33,35)/b25-8-. The minimum atomic E-state index is 0.00549. The average molecular weight is 480 g/mol. The van der Waals surface area contributed by atoms with E-state index in [4.69, 9.17) is 0 Å². The Balaban J connectivity index is 1.66. The molecule has 2 unspecified atom stereocenters. The molecule has 2 aliphatic rings. The van der Waals surface area contributed by atoms with Crippen molar-refractivity contribution in [3.63, 3.8) is 0 Å². The molecule has 1 amide bonds. The summed E-state index contributed by atoms with van der Waals surface area (Å²) in [6.07, 6.45) is 7.69. The zero-order valence-electron chi connectivity index (χ0n) is 23.1. The molecule has 2 fully saturated rings. The summed E-state index contributed by atoms with van der Waals surface area (Å²) >= 11 is 0. The Morgan fingerprint density at radius 2 is 1.74 bits per heavy atom. The normalized spacial score (nSPS) is 21.0. The highest BCUT2D eigenvalue weighted by molar-refractivity contribution is 5.79. The third-order valence-corrected chi connectivity index (χ3v) is 7.59. The van der Waals surface area contributed by atoms with E-state index in [1.54, 1.807) is 0 Å². The number of benzene rings is 1. The number of hydrogen-bond acceptors (Lipinski definition) is 3. The first-order valence-electron chi connectivity index (χ1n) is 13.9. The molecule has 0 bridgehead atoms. The summed E-state index contributed by atoms with van der Waals surface area (Å²) in [6.45, 7) is 20.5. The number of allylic oxidation sites excluding steroid dienone is 1. The van der Waals surface area contributed by atoms with Gasteiger partial charge in [0.05, 0.1) is 5.92 Å². The number of nitrogens with zero attached hydrogens (tertiary/aromatic N) is 1. The molecule has 1 saturated heterocycles. The van der Waals surface area contributed by atoms with Crippen molar-refractivity contribution in [1.29, 1.82) is 0 Å². The maximum Gasteiger partial charge on any atom is 0.224 e. The lowest BCUT2D eigenvalue weighted by atomic mass is 9.86. The van der Waals surface area contributed by atoms with Gasteiger partial charge >= 0.3 is 0 Å². The zero-order valence-corrected chi connectivity index (χ0v) is 23.1. The number of rotatable bonds is 12. The van der Waals surface area contributed by atoms with Crippen molar-refractivity contribution in [2.75, 3.05) is 19.6 Å². The monoisotopic (exact) mass is 479 g/mol. The second-order valence-corrected chi connectivity index (χ2v) is 11.7. The van der Waals surface area contributed by atoms with Gasteiger partial charge in [-0.15, -0.1) is 0 Å². The molecule has 2 atom stereocenters. The van der Waals surface area contributed by atoms with E-state index in [1.807, 2.05) is 0 Å². The first kappa shape index (κ1) is 27.5. The van der Waals surface area contributed by atoms with E-state index < -0.39 is 0 Å². The van der Waals surface area contributed by atoms with Crippen molar-refractivity contribution < 1.29 is 4.79 Å². The van der Waals surface area contributed by atoms with E-state index in [0.717, 1.165) is 38.9 Å². The SMILES string of the molecule is C=C(C1CNCC(C(=O)NC(CC(C)C)CC(C)C)C1)N(C/C(=C/C)c1ccccc1C)C1CC1. The van der Waals surface area contributed by atoms with Crippen LogP contribution in [0.4, 0.5) is 0 Å². The third kappa shape index (κ3) is 7.96. The molecule has 1 aromatic rings. The second kappa shape index (κ2) is 12.8. The number of hydrogen-bond donors (Lipinski definition) is 2. The Morgan fingerprint density at radius 3 is 2.31 bits per heavy atom. The van der Waals surface area contributed by atoms with E-state index in [2.05, 4.69) is 94.0 Å². The van der Waals surface area contributed by atoms with Gasteiger partial charge in [-0.1, -0.05) is 64.6 Å². The Kier molecular flexibility index (Phi) is 10.0. The fourth-order valence-corrected chi connectivity index (χ4v) is 5.60. The average Bonchev–Trinajstić information content (AvgIpc) is 3.64. The van der Waals surface area contributed by atoms with Crippen LogP contribution in [-0.4, -0.2) is 42.5 Å². The molecule has 194 valence electrons. The van der Waals surface area contributed by atoms with Gasteiger partial charge in [0.15, 0.2) is 0 Å². The van der Waals surface area contributed by atoms with E-state index in [0.29, 0.717) is 23.8 Å². The fraction of sp³-hybridized carbons (Fsp3) is 0.645. The molecule has 35 heavy (non-hydrogen) atoms. The summed E-state index contributed by atoms with van der Waals surface area (Å²) in [5, 5.41) is 6.97. The number of piperidine rings is 1. The quantitative estimate of drug-likeness (QED) is 0.376. The van der Waals surface area contributed by atoms with Gasteiger partial charge in [-0.2, -0.15) is 0 Å². The molecule has 1 saturated carbocycles. The maximum absolute atomic E-state index is 13.3. The third-order valence-electron chi connectivity index (χ3n) is 7.59. The molecule has 1 aromatic carbocycles. The smallest absolute Gasteiger partial charge is 0.224 e. The second-order valence-electron chi connectivity index (χ2n) is 11.7. The number of carbonyl (C=O) groups is 1. The molecule has 0 aromatic heterocycles. The number of carbonyl (C=O) groups excluding carboxylic acids is 1. The van der Waals surface area contributed by atoms with Crippen LogP contribution >= 0.6 is 0 Å². The van der Waals surface area contributed by atoms with Crippen molar-refractivity contribution in [2.24, 2.45) is 23.7 Å². The summed E-state index contributed by atoms with van der Waals surface area (Å²) < 4.78 is 0. The lowest BCUT2D eigenvalue weighted by Crippen LogP contribution is -2.48. The van der Waals surface area contributed by atoms with Gasteiger partial charge in [-0.3, -0.25) is 4.79 Å². The minimum Gasteiger partial charge on any atom is -0.368 e. The Bertz CT molecular complexity index is 873. The molecule has 3 rings (SSSR count). The molecule has 4 heteroatoms. The molecule has 1 aliphatic carbocycles. The Hall–Kier alpha value is -2.07. The van der Waals surface area contributed by atoms with Gasteiger partial charge in [0, 0.05) is 43.3 Å². The van der Waals surface area contributed by atoms with Crippen molar-refractivity contribution in [3.8, 4) is 0 Å². The summed E-state index contributed by atoms with van der Waals surface area (Å²) in [6, 6.07) is 9.50. The molecule has 2 N–H and O–H groups in total. The molecule has 4 nitrogen and oxygen atoms in total. The first-order valence-corrected chi connectivity index (χ1v) is 13.9. The fourth-order valence-electron chi connectivity index (χ4n) is 5.60. The highest BCUT2D eigenvalue weighted by atomic mass is 16.2. The molecule has 0 radical (unpaired) electrons. The van der Waals surface area contributed by atoms with Gasteiger partial charge in [0.2, 0.25) is 5.91 Å². The number of aryl methyl sites for hydroxylation is 1. The molecule has 1 heterocycles. The number of amides is 1. The molecule has 0 spiro atoms. The first-order chi connectivity index (χ1) is 16.7. The minimum absolute atomic E-state index is 0.00549. The van der Waals surface area contributed by atoms with Crippen LogP contribution in [0.3, 0.4) is 0 Å². The molecule has 1 aliphatic heterocycles. The van der Waals surface area contributed by atoms with Gasteiger partial charge < -0.3 is 15.5 Å². The van der Waals surface area contributed by atoms with Crippen LogP contribution in [0.2, 0.25) is 0 Å². The van der Waals surface area contributed by atoms with Crippen LogP contribution in [0.1, 0.15) is 77.8 Å². The maximum atomic E-state index is 13.3. The van der Waals surface area contributed by atoms with Crippen LogP contribution < -0.4 is 10.6 Å². The highest BCUT2D eigenvalue weighted by Crippen LogP contribution is 2.36. The molecular formula is C31H49N3O. The van der Waals surface area contributed by atoms with E-state index >= 15 is 0 Å². The highest BCUT2D eigenvalue weighted by Gasteiger charge is 2.36. The van der Waals surface area contributed by atoms with Gasteiger partial charge in [-0.05, 0) is 74.5 Å². The molecular weight excluding hydrogens is 430 g/mol. The summed E-state index contributed by atoms with van der Waals surface area (Å²) in [5.74, 6) is 1.68. The zero-order chi connectivity index (χ0) is 25.5. The Labute approximate surface area is 214 Å². The van der Waals surface area contributed by atoms with Crippen molar-refractivity contribution >= 4 is 11.5 Å². The lowest BCUT2D eigenvalue weighted by Gasteiger charge is -2.37. The van der Waals surface area contributed by atoms with Crippen molar-refractivity contribution in [3.05, 3.63) is 53.7 Å². The van der Waals surface area contributed by atoms with E-state index in [9.17, 15) is 4.79 Å². The topological polar surface area (TPSA) is 44.4 Å². The number of nitrogens with one attached hydrogen (secondary N) is 2. The van der Waals surface area contributed by atoms with Gasteiger partial charge in [0.25, 0.3) is 0 Å². The van der Waals surface area contributed by atoms with Crippen LogP contribution in [0, 0.1) is 30.6 Å². The van der Waals surface area contributed by atoms with Crippen LogP contribution in [-0.2, 0) is 4.79 Å². The predicted molar refractivity (Wildman–Crippen MR) is 149 cm³/mol. The van der Waals surface area contributed by atoms with E-state index in [1.165, 1.54) is 35.2 Å². The largest absolute Gasteiger partial charge is 0.368 e. The Morgan fingerprint density at radius 1 is 1.11 bits per heavy atom. The summed E-state index contributed by atoms with van der Waals surface area (Å²) in [4.78, 5) is 15.8. The lowest BCUT2D eigenvalue weighted by molar-refractivity contribution is -0.126. The van der Waals surface area contributed by atoms with E-state index in [-0.39, 0.29) is 17.9 Å². The van der Waals surface area contributed by atoms with Gasteiger partial charge in [0.1, 0.15) is 0 Å². The van der Waals surface area contributed by atoms with Gasteiger partial charge in [-0.25, -0.2) is 0 Å². The van der Waals surface area contributed by atoms with Crippen LogP contribution in [0.25, 0.3) is 5.57 Å². The summed E-state index contributed by atoms with van der Waals surface area (Å²) in [7, 11) is 0. The summed E-state index contributed by atoms with van der Waals surface area (Å²) in [5.41, 5.74) is 5.20. The van der Waals surface area contributed by atoms with Crippen LogP contribution in [0.5, 0.6) is 0 Å². The predicted octanol–water partition coefficient (Wildman–Crippen LogP) is 6.18. The van der Waals surface area contributed by atoms with Crippen LogP contribution in [0.15, 0.2) is 42.6 Å². The van der Waals surface area contributed by atoms with Crippen molar-refractivity contribution in [2.45, 2.75) is 85.7 Å². The van der Waals surface area contributed by atoms with Crippen molar-refractivity contribution in [1.82, 2.24) is 15.5 Å².